The van der Waals surface area contributed by atoms with Crippen LogP contribution in [-0.2, 0) is 6.42 Å². The van der Waals surface area contributed by atoms with Gasteiger partial charge in [0, 0.05) is 11.6 Å². The summed E-state index contributed by atoms with van der Waals surface area (Å²) in [5.74, 6) is -1.70. The maximum Gasteiger partial charge on any atom is 0.163 e. The predicted molar refractivity (Wildman–Crippen MR) is 68.2 cm³/mol. The third-order valence-corrected chi connectivity index (χ3v) is 2.92. The first kappa shape index (κ1) is 12.7. The van der Waals surface area contributed by atoms with E-state index in [1.807, 2.05) is 31.2 Å². The van der Waals surface area contributed by atoms with E-state index < -0.39 is 17.7 Å². The zero-order chi connectivity index (χ0) is 13.1. The summed E-state index contributed by atoms with van der Waals surface area (Å²) in [5, 5.41) is 0. The Hall–Kier alpha value is -1.74. The monoisotopic (exact) mass is 247 g/mol. The van der Waals surface area contributed by atoms with Crippen molar-refractivity contribution in [3.63, 3.8) is 0 Å². The molecule has 0 amide bonds. The SMILES string of the molecule is Cc1cccc(CC(N)c2cccc(F)c2F)c1. The van der Waals surface area contributed by atoms with Crippen LogP contribution in [0.15, 0.2) is 42.5 Å². The lowest BCUT2D eigenvalue weighted by molar-refractivity contribution is 0.488. The largest absolute Gasteiger partial charge is 0.324 e. The maximum atomic E-state index is 13.6. The minimum Gasteiger partial charge on any atom is -0.324 e. The second-order valence-electron chi connectivity index (χ2n) is 4.44. The van der Waals surface area contributed by atoms with Crippen LogP contribution in [0.2, 0.25) is 0 Å². The van der Waals surface area contributed by atoms with Gasteiger partial charge in [-0.05, 0) is 25.0 Å². The van der Waals surface area contributed by atoms with Crippen LogP contribution in [0.25, 0.3) is 0 Å². The minimum absolute atomic E-state index is 0.219. The van der Waals surface area contributed by atoms with Gasteiger partial charge in [0.15, 0.2) is 11.6 Å². The van der Waals surface area contributed by atoms with Crippen molar-refractivity contribution in [1.82, 2.24) is 0 Å². The van der Waals surface area contributed by atoms with Crippen molar-refractivity contribution in [2.45, 2.75) is 19.4 Å². The summed E-state index contributed by atoms with van der Waals surface area (Å²) in [4.78, 5) is 0. The Morgan fingerprint density at radius 2 is 1.83 bits per heavy atom. The fourth-order valence-corrected chi connectivity index (χ4v) is 2.01. The second kappa shape index (κ2) is 5.27. The van der Waals surface area contributed by atoms with Gasteiger partial charge in [0.1, 0.15) is 0 Å². The highest BCUT2D eigenvalue weighted by atomic mass is 19.2. The normalized spacial score (nSPS) is 12.4. The lowest BCUT2D eigenvalue weighted by Gasteiger charge is -2.13. The third kappa shape index (κ3) is 2.74. The molecular formula is C15H15F2N. The molecule has 18 heavy (non-hydrogen) atoms. The van der Waals surface area contributed by atoms with Gasteiger partial charge in [-0.3, -0.25) is 0 Å². The Morgan fingerprint density at radius 1 is 1.11 bits per heavy atom. The molecule has 0 aromatic heterocycles. The molecule has 1 unspecified atom stereocenters. The molecule has 0 radical (unpaired) electrons. The summed E-state index contributed by atoms with van der Waals surface area (Å²) in [5.41, 5.74) is 8.30. The second-order valence-corrected chi connectivity index (χ2v) is 4.44. The van der Waals surface area contributed by atoms with Gasteiger partial charge in [0.05, 0.1) is 0 Å². The molecule has 2 N–H and O–H groups in total. The van der Waals surface area contributed by atoms with Gasteiger partial charge in [0.25, 0.3) is 0 Å². The minimum atomic E-state index is -0.854. The molecule has 2 rings (SSSR count). The van der Waals surface area contributed by atoms with Crippen LogP contribution in [0.5, 0.6) is 0 Å². The van der Waals surface area contributed by atoms with Gasteiger partial charge in [0.2, 0.25) is 0 Å². The first-order valence-electron chi connectivity index (χ1n) is 5.83. The van der Waals surface area contributed by atoms with Gasteiger partial charge >= 0.3 is 0 Å². The smallest absolute Gasteiger partial charge is 0.163 e. The highest BCUT2D eigenvalue weighted by Gasteiger charge is 2.14. The number of rotatable bonds is 3. The molecule has 0 saturated heterocycles. The molecule has 1 nitrogen and oxygen atoms in total. The fraction of sp³-hybridized carbons (Fsp3) is 0.200. The van der Waals surface area contributed by atoms with Gasteiger partial charge in [-0.15, -0.1) is 0 Å². The average molecular weight is 247 g/mol. The highest BCUT2D eigenvalue weighted by molar-refractivity contribution is 5.27. The van der Waals surface area contributed by atoms with Crippen LogP contribution in [0.1, 0.15) is 22.7 Å². The Morgan fingerprint density at radius 3 is 2.56 bits per heavy atom. The number of hydrogen-bond donors (Lipinski definition) is 1. The third-order valence-electron chi connectivity index (χ3n) is 2.92. The van der Waals surface area contributed by atoms with Crippen LogP contribution in [0.3, 0.4) is 0 Å². The number of halogens is 2. The van der Waals surface area contributed by atoms with E-state index in [0.717, 1.165) is 17.2 Å². The van der Waals surface area contributed by atoms with Crippen LogP contribution < -0.4 is 5.73 Å². The molecule has 1 atom stereocenters. The molecule has 0 aliphatic heterocycles. The molecule has 0 spiro atoms. The van der Waals surface area contributed by atoms with E-state index >= 15 is 0 Å². The highest BCUT2D eigenvalue weighted by Crippen LogP contribution is 2.21. The van der Waals surface area contributed by atoms with E-state index in [9.17, 15) is 8.78 Å². The summed E-state index contributed by atoms with van der Waals surface area (Å²) < 4.78 is 26.7. The number of benzene rings is 2. The Labute approximate surface area is 105 Å². The summed E-state index contributed by atoms with van der Waals surface area (Å²) in [6, 6.07) is 11.4. The molecular weight excluding hydrogens is 232 g/mol. The lowest BCUT2D eigenvalue weighted by Crippen LogP contribution is -2.15. The lowest BCUT2D eigenvalue weighted by atomic mass is 9.98. The summed E-state index contributed by atoms with van der Waals surface area (Å²) >= 11 is 0. The Bertz CT molecular complexity index is 552. The van der Waals surface area contributed by atoms with E-state index in [1.54, 1.807) is 0 Å². The van der Waals surface area contributed by atoms with E-state index in [-0.39, 0.29) is 5.56 Å². The van der Waals surface area contributed by atoms with Crippen LogP contribution in [-0.4, -0.2) is 0 Å². The van der Waals surface area contributed by atoms with Gasteiger partial charge < -0.3 is 5.73 Å². The molecule has 0 fully saturated rings. The molecule has 94 valence electrons. The molecule has 0 bridgehead atoms. The van der Waals surface area contributed by atoms with Crippen LogP contribution in [0.4, 0.5) is 8.78 Å². The van der Waals surface area contributed by atoms with Gasteiger partial charge in [-0.25, -0.2) is 8.78 Å². The molecule has 2 aromatic rings. The van der Waals surface area contributed by atoms with Crippen LogP contribution in [0, 0.1) is 18.6 Å². The number of nitrogens with two attached hydrogens (primary N) is 1. The van der Waals surface area contributed by atoms with E-state index in [0.29, 0.717) is 6.42 Å². The summed E-state index contributed by atoms with van der Waals surface area (Å²) in [6.07, 6.45) is 0.488. The first-order valence-corrected chi connectivity index (χ1v) is 5.83. The number of aryl methyl sites for hydroxylation is 1. The summed E-state index contributed by atoms with van der Waals surface area (Å²) in [6.45, 7) is 1.98. The zero-order valence-corrected chi connectivity index (χ0v) is 10.2. The molecule has 0 aliphatic carbocycles. The zero-order valence-electron chi connectivity index (χ0n) is 10.2. The molecule has 0 aliphatic rings. The fourth-order valence-electron chi connectivity index (χ4n) is 2.01. The summed E-state index contributed by atoms with van der Waals surface area (Å²) in [7, 11) is 0. The van der Waals surface area contributed by atoms with Crippen molar-refractivity contribution in [2.24, 2.45) is 5.73 Å². The van der Waals surface area contributed by atoms with Crippen molar-refractivity contribution in [3.05, 3.63) is 70.8 Å². The van der Waals surface area contributed by atoms with E-state index in [1.165, 1.54) is 12.1 Å². The van der Waals surface area contributed by atoms with E-state index in [4.69, 9.17) is 5.73 Å². The molecule has 2 aromatic carbocycles. The van der Waals surface area contributed by atoms with Crippen molar-refractivity contribution in [2.75, 3.05) is 0 Å². The predicted octanol–water partition coefficient (Wildman–Crippen LogP) is 3.52. The van der Waals surface area contributed by atoms with Crippen LogP contribution >= 0.6 is 0 Å². The quantitative estimate of drug-likeness (QED) is 0.882. The van der Waals surface area contributed by atoms with Gasteiger partial charge in [-0.2, -0.15) is 0 Å². The van der Waals surface area contributed by atoms with Crippen molar-refractivity contribution >= 4 is 0 Å². The van der Waals surface area contributed by atoms with Crippen molar-refractivity contribution in [3.8, 4) is 0 Å². The first-order chi connectivity index (χ1) is 8.58. The van der Waals surface area contributed by atoms with E-state index in [2.05, 4.69) is 0 Å². The Balaban J connectivity index is 2.22. The number of hydrogen-bond acceptors (Lipinski definition) is 1. The molecule has 0 heterocycles. The standard InChI is InChI=1S/C15H15F2N/c1-10-4-2-5-11(8-10)9-14(18)12-6-3-7-13(16)15(12)17/h2-8,14H,9,18H2,1H3. The molecule has 0 saturated carbocycles. The van der Waals surface area contributed by atoms with Crippen molar-refractivity contribution in [1.29, 1.82) is 0 Å². The average Bonchev–Trinajstić information content (AvgIpc) is 2.32. The van der Waals surface area contributed by atoms with Crippen molar-refractivity contribution < 1.29 is 8.78 Å². The molecule has 3 heteroatoms. The van der Waals surface area contributed by atoms with Gasteiger partial charge in [-0.1, -0.05) is 42.0 Å². The maximum absolute atomic E-state index is 13.6. The Kier molecular flexibility index (Phi) is 3.72. The topological polar surface area (TPSA) is 26.0 Å².